The summed E-state index contributed by atoms with van der Waals surface area (Å²) in [6, 6.07) is 12.2. The molecule has 1 aromatic rings. The van der Waals surface area contributed by atoms with Crippen LogP contribution >= 0.6 is 15.9 Å². The van der Waals surface area contributed by atoms with Crippen LogP contribution in [0.4, 0.5) is 0 Å². The highest BCUT2D eigenvalue weighted by Crippen LogP contribution is 2.23. The summed E-state index contributed by atoms with van der Waals surface area (Å²) in [7, 11) is 0. The topological polar surface area (TPSA) is 23.8 Å². The number of nitriles is 1. The van der Waals surface area contributed by atoms with E-state index in [0.717, 1.165) is 0 Å². The quantitative estimate of drug-likeness (QED) is 0.708. The Morgan fingerprint density at radius 3 is 2.42 bits per heavy atom. The average molecular weight is 224 g/mol. The predicted molar refractivity (Wildman–Crippen MR) is 53.2 cm³/mol. The van der Waals surface area contributed by atoms with E-state index in [1.54, 1.807) is 0 Å². The Bertz CT molecular complexity index is 276. The lowest BCUT2D eigenvalue weighted by atomic mass is 9.99. The minimum atomic E-state index is -0.0973. The largest absolute Gasteiger partial charge is 0.197 e. The molecule has 1 aromatic carbocycles. The Balaban J connectivity index is 2.80. The Morgan fingerprint density at radius 1 is 1.33 bits per heavy atom. The summed E-state index contributed by atoms with van der Waals surface area (Å²) in [5.74, 6) is 0.246. The maximum absolute atomic E-state index is 8.67. The van der Waals surface area contributed by atoms with Crippen molar-refractivity contribution in [1.29, 1.82) is 5.26 Å². The Kier molecular flexibility index (Phi) is 3.31. The van der Waals surface area contributed by atoms with Gasteiger partial charge >= 0.3 is 0 Å². The third-order valence-electron chi connectivity index (χ3n) is 1.89. The summed E-state index contributed by atoms with van der Waals surface area (Å²) in [6.45, 7) is 2.04. The fourth-order valence-electron chi connectivity index (χ4n) is 1.04. The highest BCUT2D eigenvalue weighted by Gasteiger charge is 2.13. The second kappa shape index (κ2) is 4.27. The van der Waals surface area contributed by atoms with E-state index in [2.05, 4.69) is 22.0 Å². The minimum Gasteiger partial charge on any atom is -0.197 e. The molecular formula is C10H10BrN. The van der Waals surface area contributed by atoms with Crippen molar-refractivity contribution < 1.29 is 0 Å². The molecule has 0 bridgehead atoms. The maximum Gasteiger partial charge on any atom is 0.108 e. The molecule has 0 N–H and O–H groups in total. The predicted octanol–water partition coefficient (Wildman–Crippen LogP) is 3.08. The molecule has 1 nitrogen and oxygen atoms in total. The Morgan fingerprint density at radius 2 is 1.92 bits per heavy atom. The molecule has 2 atom stereocenters. The maximum atomic E-state index is 8.67. The summed E-state index contributed by atoms with van der Waals surface area (Å²) in [6.07, 6.45) is 0. The molecule has 0 fully saturated rings. The van der Waals surface area contributed by atoms with Crippen LogP contribution in [0, 0.1) is 11.3 Å². The van der Waals surface area contributed by atoms with Crippen LogP contribution in [0.5, 0.6) is 0 Å². The summed E-state index contributed by atoms with van der Waals surface area (Å²) >= 11 is 3.32. The van der Waals surface area contributed by atoms with Crippen LogP contribution in [0.25, 0.3) is 0 Å². The van der Waals surface area contributed by atoms with Gasteiger partial charge in [0.2, 0.25) is 0 Å². The second-order valence-electron chi connectivity index (χ2n) is 2.73. The lowest BCUT2D eigenvalue weighted by Crippen LogP contribution is -2.05. The highest BCUT2D eigenvalue weighted by atomic mass is 79.9. The molecule has 1 rings (SSSR count). The summed E-state index contributed by atoms with van der Waals surface area (Å²) in [4.78, 5) is -0.0973. The third-order valence-corrected chi connectivity index (χ3v) is 2.89. The van der Waals surface area contributed by atoms with Crippen molar-refractivity contribution in [2.24, 2.45) is 0 Å². The van der Waals surface area contributed by atoms with Crippen LogP contribution in [0.3, 0.4) is 0 Å². The molecule has 0 unspecified atom stereocenters. The molecule has 0 saturated carbocycles. The number of benzene rings is 1. The zero-order chi connectivity index (χ0) is 8.97. The molecule has 0 amide bonds. The van der Waals surface area contributed by atoms with Crippen LogP contribution in [-0.4, -0.2) is 4.83 Å². The monoisotopic (exact) mass is 223 g/mol. The van der Waals surface area contributed by atoms with Gasteiger partial charge in [-0.25, -0.2) is 0 Å². The molecular weight excluding hydrogens is 214 g/mol. The van der Waals surface area contributed by atoms with E-state index >= 15 is 0 Å². The van der Waals surface area contributed by atoms with Crippen LogP contribution in [0.1, 0.15) is 18.4 Å². The smallest absolute Gasteiger partial charge is 0.108 e. The van der Waals surface area contributed by atoms with Gasteiger partial charge in [-0.15, -0.1) is 0 Å². The number of rotatable bonds is 2. The summed E-state index contributed by atoms with van der Waals surface area (Å²) in [5.41, 5.74) is 1.20. The normalized spacial score (nSPS) is 14.8. The molecule has 0 aliphatic rings. The number of halogens is 1. The first-order valence-electron chi connectivity index (χ1n) is 3.84. The van der Waals surface area contributed by atoms with E-state index < -0.39 is 0 Å². The zero-order valence-electron chi connectivity index (χ0n) is 6.87. The summed E-state index contributed by atoms with van der Waals surface area (Å²) < 4.78 is 0. The van der Waals surface area contributed by atoms with Gasteiger partial charge in [0.15, 0.2) is 0 Å². The van der Waals surface area contributed by atoms with Gasteiger partial charge in [0.1, 0.15) is 4.83 Å². The van der Waals surface area contributed by atoms with Gasteiger partial charge in [0, 0.05) is 5.92 Å². The van der Waals surface area contributed by atoms with Crippen molar-refractivity contribution >= 4 is 15.9 Å². The van der Waals surface area contributed by atoms with Crippen molar-refractivity contribution in [2.75, 3.05) is 0 Å². The molecule has 0 saturated heterocycles. The van der Waals surface area contributed by atoms with E-state index in [1.165, 1.54) is 5.56 Å². The first kappa shape index (κ1) is 9.28. The van der Waals surface area contributed by atoms with Gasteiger partial charge < -0.3 is 0 Å². The molecule has 12 heavy (non-hydrogen) atoms. The van der Waals surface area contributed by atoms with Gasteiger partial charge in [0.25, 0.3) is 0 Å². The summed E-state index contributed by atoms with van der Waals surface area (Å²) in [5, 5.41) is 8.67. The first-order valence-corrected chi connectivity index (χ1v) is 4.76. The Labute approximate surface area is 81.2 Å². The average Bonchev–Trinajstić information content (AvgIpc) is 2.17. The van der Waals surface area contributed by atoms with Crippen molar-refractivity contribution in [2.45, 2.75) is 17.7 Å². The van der Waals surface area contributed by atoms with E-state index in [0.29, 0.717) is 0 Å². The molecule has 0 aromatic heterocycles. The van der Waals surface area contributed by atoms with Crippen LogP contribution in [0.15, 0.2) is 30.3 Å². The molecule has 62 valence electrons. The lowest BCUT2D eigenvalue weighted by molar-refractivity contribution is 0.813. The van der Waals surface area contributed by atoms with Crippen LogP contribution < -0.4 is 0 Å². The molecule has 0 radical (unpaired) electrons. The second-order valence-corrected chi connectivity index (χ2v) is 3.72. The zero-order valence-corrected chi connectivity index (χ0v) is 8.45. The van der Waals surface area contributed by atoms with Gasteiger partial charge in [-0.1, -0.05) is 53.2 Å². The van der Waals surface area contributed by atoms with Gasteiger partial charge in [-0.2, -0.15) is 5.26 Å². The van der Waals surface area contributed by atoms with Crippen molar-refractivity contribution in [3.8, 4) is 6.07 Å². The number of hydrogen-bond acceptors (Lipinski definition) is 1. The van der Waals surface area contributed by atoms with E-state index in [1.807, 2.05) is 37.3 Å². The van der Waals surface area contributed by atoms with Gasteiger partial charge in [-0.3, -0.25) is 0 Å². The molecule has 0 heterocycles. The van der Waals surface area contributed by atoms with Crippen molar-refractivity contribution in [3.63, 3.8) is 0 Å². The number of alkyl halides is 1. The SMILES string of the molecule is C[C@H](c1ccccc1)[C@H](Br)C#N. The van der Waals surface area contributed by atoms with Gasteiger partial charge in [0.05, 0.1) is 6.07 Å². The fraction of sp³-hybridized carbons (Fsp3) is 0.300. The number of hydrogen-bond donors (Lipinski definition) is 0. The molecule has 0 aliphatic carbocycles. The van der Waals surface area contributed by atoms with E-state index in [4.69, 9.17) is 5.26 Å². The van der Waals surface area contributed by atoms with Crippen molar-refractivity contribution in [3.05, 3.63) is 35.9 Å². The highest BCUT2D eigenvalue weighted by molar-refractivity contribution is 9.09. The number of nitrogens with zero attached hydrogens (tertiary/aromatic N) is 1. The molecule has 0 spiro atoms. The third kappa shape index (κ3) is 2.09. The minimum absolute atomic E-state index is 0.0973. The Hall–Kier alpha value is -0.810. The van der Waals surface area contributed by atoms with Crippen LogP contribution in [0.2, 0.25) is 0 Å². The molecule has 0 aliphatic heterocycles. The van der Waals surface area contributed by atoms with E-state index in [9.17, 15) is 0 Å². The first-order chi connectivity index (χ1) is 5.75. The lowest BCUT2D eigenvalue weighted by Gasteiger charge is -2.11. The van der Waals surface area contributed by atoms with Gasteiger partial charge in [-0.05, 0) is 5.56 Å². The fourth-order valence-corrected chi connectivity index (χ4v) is 1.34. The van der Waals surface area contributed by atoms with Crippen molar-refractivity contribution in [1.82, 2.24) is 0 Å². The molecule has 2 heteroatoms. The van der Waals surface area contributed by atoms with E-state index in [-0.39, 0.29) is 10.7 Å². The van der Waals surface area contributed by atoms with Crippen LogP contribution in [-0.2, 0) is 0 Å². The standard InChI is InChI=1S/C10H10BrN/c1-8(10(11)7-12)9-5-3-2-4-6-9/h2-6,8,10H,1H3/t8-,10-/m1/s1.